The van der Waals surface area contributed by atoms with E-state index in [1.165, 1.54) is 5.56 Å². The van der Waals surface area contributed by atoms with Crippen LogP contribution in [0.4, 0.5) is 0 Å². The Morgan fingerprint density at radius 3 is 1.20 bits per heavy atom. The third kappa shape index (κ3) is 26.0. The van der Waals surface area contributed by atoms with Gasteiger partial charge in [-0.3, -0.25) is 38.4 Å². The molecule has 6 aromatic carbocycles. The monoisotopic (exact) mass is 1430 g/mol. The largest absolute Gasteiger partial charge is 0.466 e. The molecule has 0 N–H and O–H groups in total. The van der Waals surface area contributed by atoms with E-state index in [0.717, 1.165) is 68.4 Å². The first kappa shape index (κ1) is 72.3. The van der Waals surface area contributed by atoms with Crippen LogP contribution >= 0.6 is 63.7 Å². The van der Waals surface area contributed by atoms with Crippen molar-refractivity contribution >= 4 is 111 Å². The molecule has 16 heteroatoms. The number of rotatable bonds is 26. The number of ether oxygens (including phenoxy) is 4. The van der Waals surface area contributed by atoms with Gasteiger partial charge in [0.25, 0.3) is 0 Å². The molecule has 6 aromatic rings. The predicted octanol–water partition coefficient (Wildman–Crippen LogP) is 17.4. The molecule has 0 saturated heterocycles. The van der Waals surface area contributed by atoms with Gasteiger partial charge in [0.15, 0.2) is 23.1 Å². The minimum absolute atomic E-state index is 0.0229. The van der Waals surface area contributed by atoms with E-state index in [-0.39, 0.29) is 78.6 Å². The van der Waals surface area contributed by atoms with E-state index < -0.39 is 17.3 Å². The van der Waals surface area contributed by atoms with Gasteiger partial charge in [0.05, 0.1) is 49.6 Å². The molecule has 1 aliphatic rings. The summed E-state index contributed by atoms with van der Waals surface area (Å²) in [5.74, 6) is -2.46. The highest BCUT2D eigenvalue weighted by Gasteiger charge is 2.42. The molecule has 12 nitrogen and oxygen atoms in total. The van der Waals surface area contributed by atoms with Gasteiger partial charge in [0.1, 0.15) is 0 Å². The Kier molecular flexibility index (Phi) is 33.2. The molecule has 0 amide bonds. The average molecular weight is 1430 g/mol. The van der Waals surface area contributed by atoms with E-state index in [0.29, 0.717) is 61.5 Å². The second-order valence-corrected chi connectivity index (χ2v) is 24.4. The van der Waals surface area contributed by atoms with Crippen LogP contribution < -0.4 is 0 Å². The SMILES string of the molecule is CCOC(=O)C(C)CC(=O)c1ccc(Br)cc1.CCOC(=O)C(CC(=O)c1ccc(Br)cc1)Cc1ccccc1.CCOC(=O)C(CCCc1ccccc1)CC(=O)c1ccc(Br)cc1.CCOC(=O)C1(CC(=O)c2ccc(Br)cc2)CCCCC1. The Balaban J connectivity index is 0.000000248. The van der Waals surface area contributed by atoms with E-state index in [9.17, 15) is 38.4 Å². The van der Waals surface area contributed by atoms with E-state index in [4.69, 9.17) is 18.9 Å². The van der Waals surface area contributed by atoms with Crippen LogP contribution in [0.15, 0.2) is 176 Å². The predicted molar refractivity (Wildman–Crippen MR) is 350 cm³/mol. The highest BCUT2D eigenvalue weighted by molar-refractivity contribution is 9.11. The van der Waals surface area contributed by atoms with Crippen LogP contribution in [0.2, 0.25) is 0 Å². The number of carbonyl (C=O) groups is 8. The maximum atomic E-state index is 12.5. The van der Waals surface area contributed by atoms with Crippen molar-refractivity contribution in [2.45, 2.75) is 118 Å². The summed E-state index contributed by atoms with van der Waals surface area (Å²) >= 11 is 13.4. The summed E-state index contributed by atoms with van der Waals surface area (Å²) in [5.41, 5.74) is 4.16. The van der Waals surface area contributed by atoms with Gasteiger partial charge in [-0.05, 0) is 126 Å². The summed E-state index contributed by atoms with van der Waals surface area (Å²) in [6, 6.07) is 48.6. The molecule has 3 atom stereocenters. The van der Waals surface area contributed by atoms with Crippen molar-refractivity contribution in [1.29, 1.82) is 0 Å². The van der Waals surface area contributed by atoms with E-state index in [1.807, 2.05) is 104 Å². The number of ketones is 4. The maximum Gasteiger partial charge on any atom is 0.312 e. The van der Waals surface area contributed by atoms with Crippen molar-refractivity contribution in [1.82, 2.24) is 0 Å². The lowest BCUT2D eigenvalue weighted by atomic mass is 9.70. The van der Waals surface area contributed by atoms with Crippen LogP contribution in [0.5, 0.6) is 0 Å². The molecule has 0 aliphatic heterocycles. The van der Waals surface area contributed by atoms with Gasteiger partial charge < -0.3 is 18.9 Å². The van der Waals surface area contributed by atoms with E-state index >= 15 is 0 Å². The smallest absolute Gasteiger partial charge is 0.312 e. The third-order valence-electron chi connectivity index (χ3n) is 14.2. The second-order valence-electron chi connectivity index (χ2n) is 20.7. The van der Waals surface area contributed by atoms with Gasteiger partial charge in [0, 0.05) is 65.8 Å². The van der Waals surface area contributed by atoms with Gasteiger partial charge in [-0.2, -0.15) is 0 Å². The average Bonchev–Trinajstić information content (AvgIpc) is 3.01. The summed E-state index contributed by atoms with van der Waals surface area (Å²) < 4.78 is 24.1. The molecular weight excluding hydrogens is 1350 g/mol. The van der Waals surface area contributed by atoms with Crippen LogP contribution in [-0.4, -0.2) is 73.4 Å². The molecule has 0 radical (unpaired) electrons. The van der Waals surface area contributed by atoms with E-state index in [2.05, 4.69) is 75.9 Å². The van der Waals surface area contributed by atoms with Crippen LogP contribution in [0.3, 0.4) is 0 Å². The Labute approximate surface area is 540 Å². The van der Waals surface area contributed by atoms with Gasteiger partial charge >= 0.3 is 23.9 Å². The summed E-state index contributed by atoms with van der Waals surface area (Å²) in [5, 5.41) is 0. The highest BCUT2D eigenvalue weighted by Crippen LogP contribution is 2.41. The normalized spacial score (nSPS) is 13.1. The fourth-order valence-corrected chi connectivity index (χ4v) is 10.6. The number of carbonyl (C=O) groups excluding carboxylic acids is 8. The number of aryl methyl sites for hydroxylation is 1. The molecule has 7 rings (SSSR count). The number of halogens is 4. The van der Waals surface area contributed by atoms with Gasteiger partial charge in [0.2, 0.25) is 0 Å². The van der Waals surface area contributed by atoms with Crippen molar-refractivity contribution in [3.8, 4) is 0 Å². The summed E-state index contributed by atoms with van der Waals surface area (Å²) in [6.45, 7) is 10.2. The van der Waals surface area contributed by atoms with Crippen molar-refractivity contribution in [2.24, 2.45) is 23.2 Å². The topological polar surface area (TPSA) is 173 Å². The number of hydrogen-bond donors (Lipinski definition) is 0. The Hall–Kier alpha value is -6.20. The minimum atomic E-state index is -0.613. The lowest BCUT2D eigenvalue weighted by Crippen LogP contribution is -2.37. The fourth-order valence-electron chi connectivity index (χ4n) is 9.52. The molecule has 1 aliphatic carbocycles. The highest BCUT2D eigenvalue weighted by atomic mass is 79.9. The molecule has 3 unspecified atom stereocenters. The lowest BCUT2D eigenvalue weighted by molar-refractivity contribution is -0.157. The standard InChI is InChI=1S/C21H23BrO3.C19H19BrO3.C17H21BrO3.C13H15BrO3/c1-2-25-21(24)18(10-6-9-16-7-4-3-5-8-16)15-20(23)17-11-13-19(22)14-12-17;1-2-23-19(22)16(12-14-6-4-3-5-7-14)13-18(21)15-8-10-17(20)11-9-15;1-2-21-16(20)17(10-4-3-5-11-17)12-15(19)13-6-8-14(18)9-7-13;1-3-17-13(16)9(2)8-12(15)10-4-6-11(14)7-5-10/h3-5,7-8,11-14,18H,2,6,9-10,15H2,1H3;3-11,16H,2,12-13H2,1H3;6-9H,2-5,10-12H2,1H3;4-7,9H,3,8H2,1-2H3. The first-order chi connectivity index (χ1) is 41.3. The second kappa shape index (κ2) is 39.6. The molecule has 1 saturated carbocycles. The molecular formula is C70H78Br4O12. The fraction of sp³-hybridized carbons (Fsp3) is 0.371. The molecule has 86 heavy (non-hydrogen) atoms. The van der Waals surface area contributed by atoms with Crippen LogP contribution in [0, 0.1) is 23.2 Å². The molecule has 458 valence electrons. The summed E-state index contributed by atoms with van der Waals surface area (Å²) in [7, 11) is 0. The van der Waals surface area contributed by atoms with Crippen molar-refractivity contribution in [3.63, 3.8) is 0 Å². The maximum absolute atomic E-state index is 12.5. The minimum Gasteiger partial charge on any atom is -0.466 e. The third-order valence-corrected chi connectivity index (χ3v) is 16.3. The molecule has 0 heterocycles. The quantitative estimate of drug-likeness (QED) is 0.0286. The number of benzene rings is 6. The van der Waals surface area contributed by atoms with Crippen LogP contribution in [-0.2, 0) is 51.0 Å². The first-order valence-electron chi connectivity index (χ1n) is 29.2. The van der Waals surface area contributed by atoms with Crippen molar-refractivity contribution < 1.29 is 57.3 Å². The van der Waals surface area contributed by atoms with Crippen molar-refractivity contribution in [3.05, 3.63) is 209 Å². The molecule has 0 bridgehead atoms. The number of hydrogen-bond acceptors (Lipinski definition) is 12. The molecule has 0 spiro atoms. The van der Waals surface area contributed by atoms with Crippen LogP contribution in [0.25, 0.3) is 0 Å². The summed E-state index contributed by atoms with van der Waals surface area (Å²) in [6.07, 6.45) is 8.30. The Morgan fingerprint density at radius 2 is 0.779 bits per heavy atom. The number of esters is 4. The Morgan fingerprint density at radius 1 is 0.419 bits per heavy atom. The van der Waals surface area contributed by atoms with Gasteiger partial charge in [-0.15, -0.1) is 0 Å². The lowest BCUT2D eigenvalue weighted by Gasteiger charge is -2.34. The summed E-state index contributed by atoms with van der Waals surface area (Å²) in [4.78, 5) is 97.4. The number of Topliss-reactive ketones (excluding diaryl/α,β-unsaturated/α-hetero) is 4. The first-order valence-corrected chi connectivity index (χ1v) is 32.4. The van der Waals surface area contributed by atoms with Gasteiger partial charge in [-0.1, -0.05) is 199 Å². The molecule has 0 aromatic heterocycles. The zero-order valence-electron chi connectivity index (χ0n) is 49.7. The Bertz CT molecular complexity index is 3050. The zero-order valence-corrected chi connectivity index (χ0v) is 56.0. The molecule has 1 fully saturated rings. The van der Waals surface area contributed by atoms with E-state index in [1.54, 1.807) is 76.2 Å². The zero-order chi connectivity index (χ0) is 62.9. The van der Waals surface area contributed by atoms with Gasteiger partial charge in [-0.25, -0.2) is 0 Å². The van der Waals surface area contributed by atoms with Crippen LogP contribution in [0.1, 0.15) is 158 Å². The van der Waals surface area contributed by atoms with Crippen molar-refractivity contribution in [2.75, 3.05) is 26.4 Å².